The van der Waals surface area contributed by atoms with E-state index in [0.717, 1.165) is 24.4 Å². The molecule has 0 amide bonds. The van der Waals surface area contributed by atoms with Gasteiger partial charge in [0.25, 0.3) is 0 Å². The second-order valence-corrected chi connectivity index (χ2v) is 4.70. The average molecular weight is 241 g/mol. The van der Waals surface area contributed by atoms with Crippen LogP contribution in [0.4, 0.5) is 5.82 Å². The first-order valence-electron chi connectivity index (χ1n) is 5.70. The Morgan fingerprint density at radius 2 is 2.19 bits per heavy atom. The summed E-state index contributed by atoms with van der Waals surface area (Å²) >= 11 is 6.28. The minimum atomic E-state index is 0.220. The largest absolute Gasteiger partial charge is 0.495 e. The third-order valence-corrected chi connectivity index (χ3v) is 3.51. The molecule has 0 aromatic carbocycles. The van der Waals surface area contributed by atoms with Gasteiger partial charge in [0, 0.05) is 6.04 Å². The molecule has 2 unspecified atom stereocenters. The predicted molar refractivity (Wildman–Crippen MR) is 66.3 cm³/mol. The molecule has 1 saturated carbocycles. The number of halogens is 1. The number of ether oxygens (including phenoxy) is 1. The highest BCUT2D eigenvalue weighted by Gasteiger charge is 2.22. The SMILES string of the molecule is COc1ccc(NC2CCCCC2Cl)nc1. The monoisotopic (exact) mass is 240 g/mol. The Kier molecular flexibility index (Phi) is 3.88. The Bertz CT molecular complexity index is 328. The fraction of sp³-hybridized carbons (Fsp3) is 0.583. The maximum absolute atomic E-state index is 6.28. The maximum atomic E-state index is 6.28. The highest BCUT2D eigenvalue weighted by molar-refractivity contribution is 6.21. The van der Waals surface area contributed by atoms with Crippen molar-refractivity contribution in [2.24, 2.45) is 0 Å². The van der Waals surface area contributed by atoms with Gasteiger partial charge >= 0.3 is 0 Å². The Morgan fingerprint density at radius 1 is 1.38 bits per heavy atom. The van der Waals surface area contributed by atoms with E-state index in [4.69, 9.17) is 16.3 Å². The van der Waals surface area contributed by atoms with Crippen molar-refractivity contribution in [3.8, 4) is 5.75 Å². The van der Waals surface area contributed by atoms with E-state index in [-0.39, 0.29) is 5.38 Å². The number of aromatic nitrogens is 1. The van der Waals surface area contributed by atoms with Crippen LogP contribution in [-0.2, 0) is 0 Å². The summed E-state index contributed by atoms with van der Waals surface area (Å²) in [4.78, 5) is 4.28. The molecule has 1 heterocycles. The van der Waals surface area contributed by atoms with Gasteiger partial charge in [-0.2, -0.15) is 0 Å². The number of hydrogen-bond donors (Lipinski definition) is 1. The first kappa shape index (κ1) is 11.5. The van der Waals surface area contributed by atoms with Gasteiger partial charge < -0.3 is 10.1 Å². The Labute approximate surface area is 101 Å². The molecule has 1 aromatic heterocycles. The van der Waals surface area contributed by atoms with Gasteiger partial charge in [-0.05, 0) is 25.0 Å². The summed E-state index contributed by atoms with van der Waals surface area (Å²) in [7, 11) is 1.64. The number of nitrogens with zero attached hydrogens (tertiary/aromatic N) is 1. The molecule has 0 spiro atoms. The summed E-state index contributed by atoms with van der Waals surface area (Å²) < 4.78 is 5.06. The number of nitrogens with one attached hydrogen (secondary N) is 1. The molecule has 0 aliphatic heterocycles. The highest BCUT2D eigenvalue weighted by Crippen LogP contribution is 2.25. The second-order valence-electron chi connectivity index (χ2n) is 4.13. The molecule has 1 aliphatic carbocycles. The quantitative estimate of drug-likeness (QED) is 0.825. The van der Waals surface area contributed by atoms with E-state index >= 15 is 0 Å². The molecule has 1 N–H and O–H groups in total. The van der Waals surface area contributed by atoms with Crippen LogP contribution in [0.15, 0.2) is 18.3 Å². The van der Waals surface area contributed by atoms with Gasteiger partial charge in [0.05, 0.1) is 18.7 Å². The van der Waals surface area contributed by atoms with Crippen LogP contribution < -0.4 is 10.1 Å². The Morgan fingerprint density at radius 3 is 2.81 bits per heavy atom. The number of hydrogen-bond acceptors (Lipinski definition) is 3. The topological polar surface area (TPSA) is 34.1 Å². The zero-order chi connectivity index (χ0) is 11.4. The fourth-order valence-corrected chi connectivity index (χ4v) is 2.37. The number of anilines is 1. The number of methoxy groups -OCH3 is 1. The van der Waals surface area contributed by atoms with Crippen LogP contribution in [0, 0.1) is 0 Å². The highest BCUT2D eigenvalue weighted by atomic mass is 35.5. The Balaban J connectivity index is 1.96. The van der Waals surface area contributed by atoms with Gasteiger partial charge in [0.15, 0.2) is 0 Å². The molecule has 1 aliphatic rings. The first-order chi connectivity index (χ1) is 7.79. The van der Waals surface area contributed by atoms with E-state index < -0.39 is 0 Å². The van der Waals surface area contributed by atoms with E-state index in [2.05, 4.69) is 10.3 Å². The first-order valence-corrected chi connectivity index (χ1v) is 6.14. The van der Waals surface area contributed by atoms with Gasteiger partial charge in [-0.25, -0.2) is 4.98 Å². The van der Waals surface area contributed by atoms with Gasteiger partial charge in [0.1, 0.15) is 11.6 Å². The zero-order valence-corrected chi connectivity index (χ0v) is 10.2. The summed E-state index contributed by atoms with van der Waals surface area (Å²) in [6.45, 7) is 0. The molecule has 2 atom stereocenters. The third-order valence-electron chi connectivity index (χ3n) is 2.99. The molecule has 0 bridgehead atoms. The summed E-state index contributed by atoms with van der Waals surface area (Å²) in [5.41, 5.74) is 0. The lowest BCUT2D eigenvalue weighted by Crippen LogP contribution is -2.33. The smallest absolute Gasteiger partial charge is 0.137 e. The van der Waals surface area contributed by atoms with E-state index in [9.17, 15) is 0 Å². The number of alkyl halides is 1. The molecular weight excluding hydrogens is 224 g/mol. The van der Waals surface area contributed by atoms with Gasteiger partial charge in [-0.15, -0.1) is 11.6 Å². The fourth-order valence-electron chi connectivity index (χ4n) is 2.02. The lowest BCUT2D eigenvalue weighted by atomic mass is 9.95. The van der Waals surface area contributed by atoms with Crippen molar-refractivity contribution in [2.75, 3.05) is 12.4 Å². The molecule has 3 nitrogen and oxygen atoms in total. The summed E-state index contributed by atoms with van der Waals surface area (Å²) in [5, 5.41) is 3.60. The van der Waals surface area contributed by atoms with Crippen LogP contribution in [0.1, 0.15) is 25.7 Å². The lowest BCUT2D eigenvalue weighted by molar-refractivity contribution is 0.413. The molecule has 16 heavy (non-hydrogen) atoms. The van der Waals surface area contributed by atoms with Gasteiger partial charge in [-0.3, -0.25) is 0 Å². The lowest BCUT2D eigenvalue weighted by Gasteiger charge is -2.28. The van der Waals surface area contributed by atoms with Crippen LogP contribution in [0.5, 0.6) is 5.75 Å². The molecule has 2 rings (SSSR count). The summed E-state index contributed by atoms with van der Waals surface area (Å²) in [6, 6.07) is 4.18. The van der Waals surface area contributed by atoms with E-state index in [0.29, 0.717) is 6.04 Å². The van der Waals surface area contributed by atoms with Crippen molar-refractivity contribution < 1.29 is 4.74 Å². The molecule has 0 radical (unpaired) electrons. The van der Waals surface area contributed by atoms with Gasteiger partial charge in [0.2, 0.25) is 0 Å². The van der Waals surface area contributed by atoms with Crippen molar-refractivity contribution in [3.63, 3.8) is 0 Å². The van der Waals surface area contributed by atoms with Crippen molar-refractivity contribution in [3.05, 3.63) is 18.3 Å². The maximum Gasteiger partial charge on any atom is 0.137 e. The standard InChI is InChI=1S/C12H17ClN2O/c1-16-9-6-7-12(14-8-9)15-11-5-3-2-4-10(11)13/h6-8,10-11H,2-5H2,1H3,(H,14,15). The third kappa shape index (κ3) is 2.79. The Hall–Kier alpha value is -0.960. The van der Waals surface area contributed by atoms with E-state index in [1.165, 1.54) is 12.8 Å². The van der Waals surface area contributed by atoms with E-state index in [1.807, 2.05) is 12.1 Å². The van der Waals surface area contributed by atoms with Crippen molar-refractivity contribution in [1.82, 2.24) is 4.98 Å². The normalized spacial score (nSPS) is 25.1. The second kappa shape index (κ2) is 5.39. The minimum absolute atomic E-state index is 0.220. The molecule has 1 aromatic rings. The van der Waals surface area contributed by atoms with Crippen LogP contribution in [-0.4, -0.2) is 23.5 Å². The zero-order valence-electron chi connectivity index (χ0n) is 9.45. The number of pyridine rings is 1. The van der Waals surface area contributed by atoms with E-state index in [1.54, 1.807) is 13.3 Å². The number of rotatable bonds is 3. The summed E-state index contributed by atoms with van der Waals surface area (Å²) in [5.74, 6) is 1.65. The molecule has 1 fully saturated rings. The van der Waals surface area contributed by atoms with Crippen molar-refractivity contribution in [1.29, 1.82) is 0 Å². The van der Waals surface area contributed by atoms with Crippen molar-refractivity contribution >= 4 is 17.4 Å². The summed E-state index contributed by atoms with van der Waals surface area (Å²) in [6.07, 6.45) is 6.42. The van der Waals surface area contributed by atoms with Crippen LogP contribution >= 0.6 is 11.6 Å². The van der Waals surface area contributed by atoms with Crippen LogP contribution in [0.2, 0.25) is 0 Å². The van der Waals surface area contributed by atoms with Crippen LogP contribution in [0.3, 0.4) is 0 Å². The van der Waals surface area contributed by atoms with Crippen LogP contribution in [0.25, 0.3) is 0 Å². The van der Waals surface area contributed by atoms with Crippen molar-refractivity contribution in [2.45, 2.75) is 37.1 Å². The molecule has 0 saturated heterocycles. The van der Waals surface area contributed by atoms with Gasteiger partial charge in [-0.1, -0.05) is 12.8 Å². The minimum Gasteiger partial charge on any atom is -0.495 e. The molecule has 4 heteroatoms. The average Bonchev–Trinajstić information content (AvgIpc) is 2.33. The predicted octanol–water partition coefficient (Wildman–Crippen LogP) is 3.05. The molecular formula is C12H17ClN2O. The molecule has 88 valence electrons.